The van der Waals surface area contributed by atoms with Gasteiger partial charge in [0, 0.05) is 11.8 Å². The monoisotopic (exact) mass is 228 g/mol. The summed E-state index contributed by atoms with van der Waals surface area (Å²) in [6.07, 6.45) is 4.86. The Kier molecular flexibility index (Phi) is 3.32. The Morgan fingerprint density at radius 1 is 1.24 bits per heavy atom. The van der Waals surface area contributed by atoms with Crippen molar-refractivity contribution in [3.8, 4) is 0 Å². The maximum atomic E-state index is 4.26. The topological polar surface area (TPSA) is 24.4 Å². The maximum absolute atomic E-state index is 4.26. The van der Waals surface area contributed by atoms with E-state index < -0.39 is 0 Å². The highest BCUT2D eigenvalue weighted by molar-refractivity contribution is 5.80. The van der Waals surface area contributed by atoms with Gasteiger partial charge in [-0.3, -0.25) is 0 Å². The highest BCUT2D eigenvalue weighted by Crippen LogP contribution is 2.37. The zero-order valence-corrected chi connectivity index (χ0v) is 10.8. The third-order valence-electron chi connectivity index (χ3n) is 3.71. The number of nitrogens with zero attached hydrogens (tertiary/aromatic N) is 1. The summed E-state index contributed by atoms with van der Waals surface area (Å²) in [6, 6.07) is 10.5. The van der Waals surface area contributed by atoms with Crippen LogP contribution in [0.1, 0.15) is 32.8 Å². The molecule has 1 heterocycles. The van der Waals surface area contributed by atoms with Crippen molar-refractivity contribution in [1.29, 1.82) is 0 Å². The third-order valence-corrected chi connectivity index (χ3v) is 3.71. The molecule has 1 atom stereocenters. The molecule has 2 nitrogen and oxygen atoms in total. The predicted molar refractivity (Wildman–Crippen MR) is 73.9 cm³/mol. The van der Waals surface area contributed by atoms with E-state index in [4.69, 9.17) is 0 Å². The standard InChI is InChI=1S/C15H20N2/c1-4-15(12(2)3)14(10-16-11-17-15)13-8-6-5-7-9-13/h5-12H,4H2,1-3H3,(H,16,17). The van der Waals surface area contributed by atoms with E-state index in [2.05, 4.69) is 55.3 Å². The van der Waals surface area contributed by atoms with Crippen LogP contribution >= 0.6 is 0 Å². The van der Waals surface area contributed by atoms with Gasteiger partial charge in [0.1, 0.15) is 0 Å². The molecule has 1 unspecified atom stereocenters. The Balaban J connectivity index is 2.48. The second kappa shape index (κ2) is 4.74. The zero-order valence-electron chi connectivity index (χ0n) is 10.8. The van der Waals surface area contributed by atoms with Crippen LogP contribution in [-0.4, -0.2) is 11.9 Å². The molecule has 0 amide bonds. The van der Waals surface area contributed by atoms with Crippen molar-refractivity contribution in [2.24, 2.45) is 10.9 Å². The molecule has 1 aliphatic heterocycles. The molecule has 90 valence electrons. The van der Waals surface area contributed by atoms with E-state index in [0.29, 0.717) is 5.92 Å². The molecule has 2 heteroatoms. The molecule has 0 radical (unpaired) electrons. The first-order valence-electron chi connectivity index (χ1n) is 6.26. The van der Waals surface area contributed by atoms with Gasteiger partial charge < -0.3 is 5.32 Å². The second-order valence-electron chi connectivity index (χ2n) is 4.81. The van der Waals surface area contributed by atoms with Crippen LogP contribution in [0.4, 0.5) is 0 Å². The van der Waals surface area contributed by atoms with E-state index in [9.17, 15) is 0 Å². The van der Waals surface area contributed by atoms with Crippen molar-refractivity contribution < 1.29 is 0 Å². The lowest BCUT2D eigenvalue weighted by atomic mass is 9.74. The molecule has 2 rings (SSSR count). The number of hydrogen-bond acceptors (Lipinski definition) is 2. The van der Waals surface area contributed by atoms with Crippen molar-refractivity contribution in [1.82, 2.24) is 5.32 Å². The Labute approximate surface area is 103 Å². The predicted octanol–water partition coefficient (Wildman–Crippen LogP) is 3.46. The first-order valence-corrected chi connectivity index (χ1v) is 6.26. The average molecular weight is 228 g/mol. The fourth-order valence-corrected chi connectivity index (χ4v) is 2.59. The molecule has 1 aromatic carbocycles. The Bertz CT molecular complexity index is 431. The van der Waals surface area contributed by atoms with Crippen LogP contribution in [0.5, 0.6) is 0 Å². The maximum Gasteiger partial charge on any atom is 0.0886 e. The molecule has 0 aliphatic carbocycles. The molecule has 1 aromatic rings. The highest BCUT2D eigenvalue weighted by atomic mass is 15.0. The SMILES string of the molecule is CCC1(C(C)C)NC=NC=C1c1ccccc1. The number of nitrogens with one attached hydrogen (secondary N) is 1. The first kappa shape index (κ1) is 11.9. The Morgan fingerprint density at radius 3 is 2.53 bits per heavy atom. The number of hydrogen-bond donors (Lipinski definition) is 1. The van der Waals surface area contributed by atoms with Gasteiger partial charge in [0.2, 0.25) is 0 Å². The summed E-state index contributed by atoms with van der Waals surface area (Å²) in [5, 5.41) is 3.47. The van der Waals surface area contributed by atoms with E-state index in [1.165, 1.54) is 11.1 Å². The van der Waals surface area contributed by atoms with Crippen LogP contribution in [0.15, 0.2) is 41.5 Å². The fourth-order valence-electron chi connectivity index (χ4n) is 2.59. The van der Waals surface area contributed by atoms with E-state index in [-0.39, 0.29) is 5.54 Å². The molecular formula is C15H20N2. The summed E-state index contributed by atoms with van der Waals surface area (Å²) in [6.45, 7) is 6.74. The van der Waals surface area contributed by atoms with Crippen molar-refractivity contribution in [2.45, 2.75) is 32.7 Å². The molecule has 0 fully saturated rings. The van der Waals surface area contributed by atoms with Gasteiger partial charge in [-0.15, -0.1) is 0 Å². The molecule has 0 bridgehead atoms. The van der Waals surface area contributed by atoms with Gasteiger partial charge in [-0.05, 0) is 17.9 Å². The zero-order chi connectivity index (χ0) is 12.3. The summed E-state index contributed by atoms with van der Waals surface area (Å²) in [7, 11) is 0. The molecule has 0 spiro atoms. The number of aliphatic imine (C=N–C) groups is 1. The van der Waals surface area contributed by atoms with Crippen LogP contribution in [0.2, 0.25) is 0 Å². The quantitative estimate of drug-likeness (QED) is 0.841. The van der Waals surface area contributed by atoms with Gasteiger partial charge in [0.05, 0.1) is 11.9 Å². The molecule has 0 saturated heterocycles. The fraction of sp³-hybridized carbons (Fsp3) is 0.400. The van der Waals surface area contributed by atoms with Crippen molar-refractivity contribution >= 4 is 11.9 Å². The van der Waals surface area contributed by atoms with Gasteiger partial charge in [-0.25, -0.2) is 4.99 Å². The summed E-state index contributed by atoms with van der Waals surface area (Å²) in [5.74, 6) is 0.519. The van der Waals surface area contributed by atoms with Crippen molar-refractivity contribution in [2.75, 3.05) is 0 Å². The summed E-state index contributed by atoms with van der Waals surface area (Å²) in [5.41, 5.74) is 2.55. The van der Waals surface area contributed by atoms with E-state index in [1.54, 1.807) is 0 Å². The minimum Gasteiger partial charge on any atom is -0.366 e. The van der Waals surface area contributed by atoms with E-state index in [1.807, 2.05) is 18.6 Å². The number of rotatable bonds is 3. The van der Waals surface area contributed by atoms with Crippen LogP contribution in [0.3, 0.4) is 0 Å². The van der Waals surface area contributed by atoms with Gasteiger partial charge in [-0.1, -0.05) is 51.1 Å². The second-order valence-corrected chi connectivity index (χ2v) is 4.81. The van der Waals surface area contributed by atoms with Crippen LogP contribution in [0, 0.1) is 5.92 Å². The summed E-state index contributed by atoms with van der Waals surface area (Å²) < 4.78 is 0. The average Bonchev–Trinajstić information content (AvgIpc) is 2.39. The number of benzene rings is 1. The smallest absolute Gasteiger partial charge is 0.0886 e. The molecule has 17 heavy (non-hydrogen) atoms. The molecule has 0 saturated carbocycles. The van der Waals surface area contributed by atoms with Crippen LogP contribution in [0.25, 0.3) is 5.57 Å². The largest absolute Gasteiger partial charge is 0.366 e. The van der Waals surface area contributed by atoms with Gasteiger partial charge in [0.25, 0.3) is 0 Å². The lowest BCUT2D eigenvalue weighted by Gasteiger charge is -2.41. The Morgan fingerprint density at radius 2 is 1.94 bits per heavy atom. The summed E-state index contributed by atoms with van der Waals surface area (Å²) in [4.78, 5) is 4.26. The lowest BCUT2D eigenvalue weighted by molar-refractivity contribution is 0.349. The Hall–Kier alpha value is -1.57. The van der Waals surface area contributed by atoms with Crippen molar-refractivity contribution in [3.63, 3.8) is 0 Å². The van der Waals surface area contributed by atoms with Crippen molar-refractivity contribution in [3.05, 3.63) is 42.1 Å². The minimum absolute atomic E-state index is 0.00308. The first-order chi connectivity index (χ1) is 8.20. The molecule has 1 aliphatic rings. The summed E-state index contributed by atoms with van der Waals surface area (Å²) >= 11 is 0. The van der Waals surface area contributed by atoms with Gasteiger partial charge in [-0.2, -0.15) is 0 Å². The normalized spacial score (nSPS) is 23.4. The minimum atomic E-state index is 0.00308. The molecule has 0 aromatic heterocycles. The third kappa shape index (κ3) is 1.99. The molecule has 1 N–H and O–H groups in total. The highest BCUT2D eigenvalue weighted by Gasteiger charge is 2.37. The lowest BCUT2D eigenvalue weighted by Crippen LogP contribution is -2.50. The van der Waals surface area contributed by atoms with Crippen LogP contribution < -0.4 is 5.32 Å². The van der Waals surface area contributed by atoms with Gasteiger partial charge >= 0.3 is 0 Å². The van der Waals surface area contributed by atoms with E-state index >= 15 is 0 Å². The van der Waals surface area contributed by atoms with Crippen LogP contribution in [-0.2, 0) is 0 Å². The molecular weight excluding hydrogens is 208 g/mol. The van der Waals surface area contributed by atoms with E-state index in [0.717, 1.165) is 6.42 Å². The van der Waals surface area contributed by atoms with Gasteiger partial charge in [0.15, 0.2) is 0 Å².